The minimum absolute atomic E-state index is 0.604. The number of hydrogen-bond donors (Lipinski definition) is 1. The highest BCUT2D eigenvalue weighted by atomic mass is 15.2. The summed E-state index contributed by atoms with van der Waals surface area (Å²) >= 11 is 0. The summed E-state index contributed by atoms with van der Waals surface area (Å²) in [5.41, 5.74) is 2.99. The predicted molar refractivity (Wildman–Crippen MR) is 73.2 cm³/mol. The fourth-order valence-corrected chi connectivity index (χ4v) is 2.87. The van der Waals surface area contributed by atoms with Crippen LogP contribution in [0.3, 0.4) is 0 Å². The number of nitrogens with zero attached hydrogens (tertiary/aromatic N) is 1. The van der Waals surface area contributed by atoms with Gasteiger partial charge in [0.2, 0.25) is 0 Å². The van der Waals surface area contributed by atoms with Crippen LogP contribution < -0.4 is 5.32 Å². The van der Waals surface area contributed by atoms with Crippen molar-refractivity contribution in [2.45, 2.75) is 45.8 Å². The predicted octanol–water partition coefficient (Wildman–Crippen LogP) is 2.43. The number of benzene rings is 1. The lowest BCUT2D eigenvalue weighted by molar-refractivity contribution is 0.166. The molecule has 1 aromatic rings. The van der Waals surface area contributed by atoms with Crippen molar-refractivity contribution in [3.8, 4) is 0 Å². The highest BCUT2D eigenvalue weighted by Crippen LogP contribution is 2.14. The van der Waals surface area contributed by atoms with E-state index in [9.17, 15) is 0 Å². The van der Waals surface area contributed by atoms with E-state index in [-0.39, 0.29) is 0 Å². The molecule has 0 spiro atoms. The Hall–Kier alpha value is -0.860. The van der Waals surface area contributed by atoms with Gasteiger partial charge in [-0.3, -0.25) is 4.90 Å². The monoisotopic (exact) mass is 232 g/mol. The van der Waals surface area contributed by atoms with Crippen LogP contribution in [0.25, 0.3) is 0 Å². The number of rotatable bonds is 3. The number of nitrogens with one attached hydrogen (secondary N) is 1. The summed E-state index contributed by atoms with van der Waals surface area (Å²) in [6.07, 6.45) is 1.13. The van der Waals surface area contributed by atoms with Crippen molar-refractivity contribution in [3.63, 3.8) is 0 Å². The average Bonchev–Trinajstić information content (AvgIpc) is 2.28. The Bertz CT molecular complexity index is 352. The van der Waals surface area contributed by atoms with Crippen molar-refractivity contribution in [1.29, 1.82) is 0 Å². The van der Waals surface area contributed by atoms with E-state index in [1.165, 1.54) is 11.1 Å². The molecule has 0 amide bonds. The van der Waals surface area contributed by atoms with Gasteiger partial charge in [-0.05, 0) is 31.4 Å². The smallest absolute Gasteiger partial charge is 0.0237 e. The Morgan fingerprint density at radius 1 is 1.12 bits per heavy atom. The molecule has 1 N–H and O–H groups in total. The highest BCUT2D eigenvalue weighted by molar-refractivity contribution is 5.27. The van der Waals surface area contributed by atoms with Crippen LogP contribution in [-0.4, -0.2) is 30.1 Å². The van der Waals surface area contributed by atoms with Crippen LogP contribution in [0.1, 0.15) is 31.9 Å². The van der Waals surface area contributed by atoms with E-state index < -0.39 is 0 Å². The molecule has 1 aliphatic rings. The summed E-state index contributed by atoms with van der Waals surface area (Å²) in [5.74, 6) is 0. The molecule has 1 aliphatic heterocycles. The zero-order chi connectivity index (χ0) is 12.3. The van der Waals surface area contributed by atoms with Gasteiger partial charge in [-0.1, -0.05) is 31.2 Å². The van der Waals surface area contributed by atoms with E-state index in [4.69, 9.17) is 0 Å². The lowest BCUT2D eigenvalue weighted by Gasteiger charge is -2.36. The molecule has 0 radical (unpaired) electrons. The fraction of sp³-hybridized carbons (Fsp3) is 0.600. The second-order valence-electron chi connectivity index (χ2n) is 5.29. The maximum absolute atomic E-state index is 3.58. The van der Waals surface area contributed by atoms with E-state index in [0.29, 0.717) is 12.1 Å². The van der Waals surface area contributed by atoms with Gasteiger partial charge in [0.25, 0.3) is 0 Å². The molecule has 1 aromatic carbocycles. The van der Waals surface area contributed by atoms with E-state index in [2.05, 4.69) is 55.3 Å². The third-order valence-electron chi connectivity index (χ3n) is 3.53. The summed E-state index contributed by atoms with van der Waals surface area (Å²) in [4.78, 5) is 2.57. The zero-order valence-corrected chi connectivity index (χ0v) is 11.2. The Morgan fingerprint density at radius 3 is 2.29 bits per heavy atom. The summed E-state index contributed by atoms with van der Waals surface area (Å²) in [5, 5.41) is 3.58. The first kappa shape index (κ1) is 12.6. The van der Waals surface area contributed by atoms with Gasteiger partial charge in [0.15, 0.2) is 0 Å². The van der Waals surface area contributed by atoms with Crippen LogP contribution in [-0.2, 0) is 13.0 Å². The van der Waals surface area contributed by atoms with Crippen molar-refractivity contribution in [3.05, 3.63) is 35.4 Å². The first-order valence-corrected chi connectivity index (χ1v) is 6.74. The Balaban J connectivity index is 2.04. The minimum Gasteiger partial charge on any atom is -0.309 e. The van der Waals surface area contributed by atoms with Gasteiger partial charge in [0.1, 0.15) is 0 Å². The van der Waals surface area contributed by atoms with E-state index in [0.717, 1.165) is 26.1 Å². The maximum Gasteiger partial charge on any atom is 0.0237 e. The van der Waals surface area contributed by atoms with Gasteiger partial charge in [-0.25, -0.2) is 0 Å². The molecular formula is C15H24N2. The number of piperazine rings is 1. The van der Waals surface area contributed by atoms with Gasteiger partial charge < -0.3 is 5.32 Å². The Kier molecular flexibility index (Phi) is 4.19. The van der Waals surface area contributed by atoms with Gasteiger partial charge >= 0.3 is 0 Å². The van der Waals surface area contributed by atoms with Crippen LogP contribution in [0.5, 0.6) is 0 Å². The van der Waals surface area contributed by atoms with Crippen molar-refractivity contribution in [1.82, 2.24) is 10.2 Å². The molecule has 0 aromatic heterocycles. The molecule has 94 valence electrons. The molecular weight excluding hydrogens is 208 g/mol. The molecule has 1 saturated heterocycles. The highest BCUT2D eigenvalue weighted by Gasteiger charge is 2.21. The molecule has 0 aliphatic carbocycles. The molecule has 2 nitrogen and oxygen atoms in total. The van der Waals surface area contributed by atoms with Crippen LogP contribution in [0.4, 0.5) is 0 Å². The molecule has 2 unspecified atom stereocenters. The van der Waals surface area contributed by atoms with Crippen molar-refractivity contribution >= 4 is 0 Å². The third kappa shape index (κ3) is 3.30. The van der Waals surface area contributed by atoms with Crippen molar-refractivity contribution in [2.75, 3.05) is 13.1 Å². The van der Waals surface area contributed by atoms with Gasteiger partial charge in [-0.15, -0.1) is 0 Å². The Labute approximate surface area is 105 Å². The van der Waals surface area contributed by atoms with E-state index in [1.54, 1.807) is 0 Å². The first-order valence-electron chi connectivity index (χ1n) is 6.74. The minimum atomic E-state index is 0.604. The van der Waals surface area contributed by atoms with Crippen LogP contribution >= 0.6 is 0 Å². The quantitative estimate of drug-likeness (QED) is 0.861. The second kappa shape index (κ2) is 5.65. The molecule has 0 saturated carbocycles. The first-order chi connectivity index (χ1) is 8.19. The Morgan fingerprint density at radius 2 is 1.71 bits per heavy atom. The molecule has 17 heavy (non-hydrogen) atoms. The summed E-state index contributed by atoms with van der Waals surface area (Å²) in [6.45, 7) is 10.2. The van der Waals surface area contributed by atoms with Gasteiger partial charge in [0.05, 0.1) is 0 Å². The average molecular weight is 232 g/mol. The van der Waals surface area contributed by atoms with E-state index >= 15 is 0 Å². The second-order valence-corrected chi connectivity index (χ2v) is 5.29. The van der Waals surface area contributed by atoms with E-state index in [1.807, 2.05) is 0 Å². The van der Waals surface area contributed by atoms with Crippen molar-refractivity contribution in [2.24, 2.45) is 0 Å². The fourth-order valence-electron chi connectivity index (χ4n) is 2.87. The largest absolute Gasteiger partial charge is 0.309 e. The maximum atomic E-state index is 3.58. The lowest BCUT2D eigenvalue weighted by atomic mass is 10.0. The molecule has 1 heterocycles. The molecule has 1 fully saturated rings. The topological polar surface area (TPSA) is 15.3 Å². The summed E-state index contributed by atoms with van der Waals surface area (Å²) in [7, 11) is 0. The van der Waals surface area contributed by atoms with Crippen LogP contribution in [0, 0.1) is 0 Å². The zero-order valence-electron chi connectivity index (χ0n) is 11.2. The number of hydrogen-bond acceptors (Lipinski definition) is 2. The molecule has 2 atom stereocenters. The normalized spacial score (nSPS) is 26.1. The molecule has 2 rings (SSSR count). The lowest BCUT2D eigenvalue weighted by Crippen LogP contribution is -2.53. The summed E-state index contributed by atoms with van der Waals surface area (Å²) in [6, 6.07) is 10.0. The third-order valence-corrected chi connectivity index (χ3v) is 3.53. The standard InChI is InChI=1S/C15H24N2/c1-4-14-7-5-6-8-15(14)11-17-9-12(2)16-13(3)10-17/h5-8,12-13,16H,4,9-11H2,1-3H3. The number of aryl methyl sites for hydroxylation is 1. The van der Waals surface area contributed by atoms with Gasteiger partial charge in [0, 0.05) is 31.7 Å². The van der Waals surface area contributed by atoms with Gasteiger partial charge in [-0.2, -0.15) is 0 Å². The molecule has 0 bridgehead atoms. The van der Waals surface area contributed by atoms with Crippen molar-refractivity contribution < 1.29 is 0 Å². The SMILES string of the molecule is CCc1ccccc1CN1CC(C)NC(C)C1. The van der Waals surface area contributed by atoms with Crippen LogP contribution in [0.2, 0.25) is 0 Å². The summed E-state index contributed by atoms with van der Waals surface area (Å²) < 4.78 is 0. The van der Waals surface area contributed by atoms with Crippen LogP contribution in [0.15, 0.2) is 24.3 Å². The molecule has 2 heteroatoms.